The zero-order chi connectivity index (χ0) is 34.4. The largest absolute Gasteiger partial charge is 0.462 e. The molecule has 0 bridgehead atoms. The van der Waals surface area contributed by atoms with Gasteiger partial charge in [-0.15, -0.1) is 0 Å². The van der Waals surface area contributed by atoms with Crippen LogP contribution >= 0.6 is 0 Å². The van der Waals surface area contributed by atoms with E-state index in [4.69, 9.17) is 4.74 Å². The molecule has 0 amide bonds. The molecule has 254 valence electrons. The lowest BCUT2D eigenvalue weighted by Crippen LogP contribution is -2.64. The molecule has 0 radical (unpaired) electrons. The van der Waals surface area contributed by atoms with Crippen LogP contribution in [0, 0.1) is 22.7 Å². The average Bonchev–Trinajstić information content (AvgIpc) is 2.79. The van der Waals surface area contributed by atoms with Gasteiger partial charge < -0.3 is 19.7 Å². The van der Waals surface area contributed by atoms with Crippen LogP contribution in [0.5, 0.6) is 0 Å². The number of halogens is 12. The summed E-state index contributed by atoms with van der Waals surface area (Å²) in [7, 11) is 0. The second kappa shape index (κ2) is 12.1. The van der Waals surface area contributed by atoms with Gasteiger partial charge in [0.05, 0.1) is 10.8 Å². The Kier molecular flexibility index (Phi) is 11.0. The summed E-state index contributed by atoms with van der Waals surface area (Å²) in [5.74, 6) is -8.29. The summed E-state index contributed by atoms with van der Waals surface area (Å²) in [6.45, 7) is 5.30. The molecule has 1 saturated carbocycles. The van der Waals surface area contributed by atoms with Crippen molar-refractivity contribution in [2.24, 2.45) is 22.7 Å². The minimum absolute atomic E-state index is 0.114. The van der Waals surface area contributed by atoms with Crippen LogP contribution in [0.2, 0.25) is 0 Å². The van der Waals surface area contributed by atoms with Gasteiger partial charge in [-0.05, 0) is 66.7 Å². The van der Waals surface area contributed by atoms with Gasteiger partial charge in [-0.25, -0.2) is 0 Å². The molecule has 1 aliphatic rings. The molecule has 2 N–H and O–H groups in total. The molecule has 18 heteroatoms. The third kappa shape index (κ3) is 8.19. The number of rotatable bonds is 9. The van der Waals surface area contributed by atoms with Gasteiger partial charge in [-0.2, -0.15) is 52.7 Å². The maximum atomic E-state index is 13.6. The van der Waals surface area contributed by atoms with E-state index in [2.05, 4.69) is 4.74 Å². The van der Waals surface area contributed by atoms with Crippen molar-refractivity contribution in [3.8, 4) is 0 Å². The number of hydrogen-bond acceptors (Lipinski definition) is 6. The monoisotopic (exact) mass is 658 g/mol. The number of carbonyl (C=O) groups is 2. The van der Waals surface area contributed by atoms with E-state index < -0.39 is 108 Å². The zero-order valence-electron chi connectivity index (χ0n) is 23.9. The second-order valence-electron chi connectivity index (χ2n) is 12.1. The van der Waals surface area contributed by atoms with Gasteiger partial charge in [0.1, 0.15) is 6.10 Å². The van der Waals surface area contributed by atoms with Crippen LogP contribution in [0.1, 0.15) is 73.6 Å². The molecule has 6 atom stereocenters. The summed E-state index contributed by atoms with van der Waals surface area (Å²) in [6, 6.07) is 0. The fourth-order valence-electron chi connectivity index (χ4n) is 5.09. The van der Waals surface area contributed by atoms with Crippen molar-refractivity contribution in [2.45, 2.75) is 122 Å². The van der Waals surface area contributed by atoms with Crippen LogP contribution in [0.25, 0.3) is 0 Å². The van der Waals surface area contributed by atoms with Crippen LogP contribution in [0.4, 0.5) is 52.7 Å². The molecular weight excluding hydrogens is 624 g/mol. The first-order valence-corrected chi connectivity index (χ1v) is 12.9. The molecule has 0 aliphatic heterocycles. The Hall–Kier alpha value is -1.98. The van der Waals surface area contributed by atoms with Crippen molar-refractivity contribution in [1.29, 1.82) is 0 Å². The van der Waals surface area contributed by atoms with Crippen molar-refractivity contribution in [1.82, 2.24) is 0 Å². The fourth-order valence-corrected chi connectivity index (χ4v) is 5.09. The molecule has 1 rings (SSSR count). The highest BCUT2D eigenvalue weighted by Crippen LogP contribution is 2.55. The molecule has 0 aromatic heterocycles. The maximum absolute atomic E-state index is 13.6. The highest BCUT2D eigenvalue weighted by Gasteiger charge is 2.75. The summed E-state index contributed by atoms with van der Waals surface area (Å²) >= 11 is 0. The Bertz CT molecular complexity index is 985. The van der Waals surface area contributed by atoms with Crippen LogP contribution < -0.4 is 0 Å². The smallest absolute Gasteiger partial charge is 0.426 e. The molecule has 43 heavy (non-hydrogen) atoms. The summed E-state index contributed by atoms with van der Waals surface area (Å²) in [5.41, 5.74) is -13.1. The van der Waals surface area contributed by atoms with Crippen LogP contribution in [0.15, 0.2) is 0 Å². The van der Waals surface area contributed by atoms with Crippen LogP contribution in [0.3, 0.4) is 0 Å². The number of esters is 2. The predicted octanol–water partition coefficient (Wildman–Crippen LogP) is 6.81. The minimum Gasteiger partial charge on any atom is -0.462 e. The van der Waals surface area contributed by atoms with E-state index in [9.17, 15) is 72.5 Å². The highest BCUT2D eigenvalue weighted by molar-refractivity contribution is 5.80. The molecule has 0 aromatic carbocycles. The van der Waals surface area contributed by atoms with E-state index in [1.54, 1.807) is 0 Å². The standard InChI is InChI=1S/C25H34F12O6/c1-7-19(5,17(39)42-12(2)22(26,27)28)11-18(3,4)16(38)43-15-9-13(20(6,40)23(29,30)31)8-14(10-15)21(41,24(32,33)34)25(35,36)37/h12-15,40-41H,7-11H2,1-6H3. The van der Waals surface area contributed by atoms with E-state index in [0.29, 0.717) is 6.92 Å². The summed E-state index contributed by atoms with van der Waals surface area (Å²) in [5, 5.41) is 20.0. The second-order valence-corrected chi connectivity index (χ2v) is 12.1. The van der Waals surface area contributed by atoms with Crippen LogP contribution in [-0.4, -0.2) is 70.3 Å². The molecule has 1 fully saturated rings. The zero-order valence-corrected chi connectivity index (χ0v) is 23.9. The van der Waals surface area contributed by atoms with Crippen molar-refractivity contribution >= 4 is 11.9 Å². The molecule has 1 aliphatic carbocycles. The highest BCUT2D eigenvalue weighted by atomic mass is 19.4. The lowest BCUT2D eigenvalue weighted by molar-refractivity contribution is -0.391. The van der Waals surface area contributed by atoms with E-state index in [0.717, 1.165) is 20.8 Å². The van der Waals surface area contributed by atoms with Gasteiger partial charge in [0.15, 0.2) is 11.7 Å². The maximum Gasteiger partial charge on any atom is 0.426 e. The number of alkyl halides is 12. The van der Waals surface area contributed by atoms with E-state index >= 15 is 0 Å². The van der Waals surface area contributed by atoms with Crippen molar-refractivity contribution in [3.63, 3.8) is 0 Å². The lowest BCUT2D eigenvalue weighted by Gasteiger charge is -2.47. The Balaban J connectivity index is 3.43. The van der Waals surface area contributed by atoms with Gasteiger partial charge in [0.2, 0.25) is 0 Å². The molecule has 0 spiro atoms. The summed E-state index contributed by atoms with van der Waals surface area (Å²) in [4.78, 5) is 25.7. The number of aliphatic hydroxyl groups is 2. The summed E-state index contributed by atoms with van der Waals surface area (Å²) < 4.78 is 171. The lowest BCUT2D eigenvalue weighted by atomic mass is 9.66. The van der Waals surface area contributed by atoms with Gasteiger partial charge in [0.25, 0.3) is 5.60 Å². The van der Waals surface area contributed by atoms with Gasteiger partial charge in [-0.3, -0.25) is 9.59 Å². The molecule has 6 nitrogen and oxygen atoms in total. The van der Waals surface area contributed by atoms with E-state index in [-0.39, 0.29) is 13.3 Å². The quantitative estimate of drug-likeness (QED) is 0.209. The van der Waals surface area contributed by atoms with Gasteiger partial charge in [0, 0.05) is 11.8 Å². The molecule has 6 unspecified atom stereocenters. The third-order valence-corrected chi connectivity index (χ3v) is 8.16. The van der Waals surface area contributed by atoms with E-state index in [1.165, 1.54) is 6.92 Å². The van der Waals surface area contributed by atoms with Crippen LogP contribution in [-0.2, 0) is 19.1 Å². The average molecular weight is 659 g/mol. The first kappa shape index (κ1) is 39.0. The number of ether oxygens (including phenoxy) is 2. The summed E-state index contributed by atoms with van der Waals surface area (Å²) in [6.07, 6.45) is -32.9. The molecule has 0 heterocycles. The molecule has 0 saturated heterocycles. The first-order chi connectivity index (χ1) is 18.8. The normalized spacial score (nSPS) is 24.9. The van der Waals surface area contributed by atoms with Crippen molar-refractivity contribution in [2.75, 3.05) is 0 Å². The molecular formula is C25H34F12O6. The Labute approximate surface area is 239 Å². The topological polar surface area (TPSA) is 93.1 Å². The SMILES string of the molecule is CCC(C)(CC(C)(C)C(=O)OC1CC(C(C)(O)C(F)(F)F)CC(C(O)(C(F)(F)F)C(F)(F)F)C1)C(=O)OC(C)C(F)(F)F. The number of hydrogen-bond donors (Lipinski definition) is 2. The fraction of sp³-hybridized carbons (Fsp3) is 0.920. The minimum atomic E-state index is -6.44. The van der Waals surface area contributed by atoms with Crippen molar-refractivity contribution in [3.05, 3.63) is 0 Å². The first-order valence-electron chi connectivity index (χ1n) is 12.9. The Morgan fingerprint density at radius 2 is 1.19 bits per heavy atom. The Morgan fingerprint density at radius 3 is 1.56 bits per heavy atom. The van der Waals surface area contributed by atoms with Gasteiger partial charge in [-0.1, -0.05) is 6.92 Å². The molecule has 0 aromatic rings. The number of carbonyl (C=O) groups excluding carboxylic acids is 2. The van der Waals surface area contributed by atoms with Gasteiger partial charge >= 0.3 is 36.6 Å². The van der Waals surface area contributed by atoms with Crippen molar-refractivity contribution < 1.29 is 82.0 Å². The predicted molar refractivity (Wildman–Crippen MR) is 123 cm³/mol. The van der Waals surface area contributed by atoms with E-state index in [1.807, 2.05) is 0 Å². The third-order valence-electron chi connectivity index (χ3n) is 8.16. The Morgan fingerprint density at radius 1 is 0.744 bits per heavy atom.